The van der Waals surface area contributed by atoms with Gasteiger partial charge in [0.1, 0.15) is 11.9 Å². The molecule has 0 saturated heterocycles. The molecule has 20 heavy (non-hydrogen) atoms. The van der Waals surface area contributed by atoms with E-state index in [4.69, 9.17) is 0 Å². The zero-order valence-corrected chi connectivity index (χ0v) is 10.7. The Labute approximate surface area is 114 Å². The third-order valence-electron chi connectivity index (χ3n) is 3.77. The van der Waals surface area contributed by atoms with Crippen LogP contribution in [-0.4, -0.2) is 37.1 Å². The van der Waals surface area contributed by atoms with E-state index in [0.29, 0.717) is 24.1 Å². The molecule has 1 saturated carbocycles. The second kappa shape index (κ2) is 4.59. The number of carboxylic acid groups (broad SMARTS) is 1. The highest BCUT2D eigenvalue weighted by Crippen LogP contribution is 2.30. The van der Waals surface area contributed by atoms with Crippen LogP contribution in [-0.2, 0) is 4.79 Å². The Morgan fingerprint density at radius 2 is 2.05 bits per heavy atom. The SMILES string of the molecule is O=C(NC1(C(=O)O)CCCC1)c1ccc2nncn2c1. The highest BCUT2D eigenvalue weighted by Gasteiger charge is 2.42. The zero-order chi connectivity index (χ0) is 14.2. The van der Waals surface area contributed by atoms with Crippen molar-refractivity contribution < 1.29 is 14.7 Å². The Bertz CT molecular complexity index is 673. The van der Waals surface area contributed by atoms with Crippen molar-refractivity contribution in [1.82, 2.24) is 19.9 Å². The van der Waals surface area contributed by atoms with Crippen molar-refractivity contribution in [3.8, 4) is 0 Å². The van der Waals surface area contributed by atoms with Crippen LogP contribution in [0, 0.1) is 0 Å². The van der Waals surface area contributed by atoms with E-state index in [-0.39, 0.29) is 5.91 Å². The first-order valence-electron chi connectivity index (χ1n) is 6.46. The Hall–Kier alpha value is -2.44. The number of aliphatic carboxylic acids is 1. The van der Waals surface area contributed by atoms with Gasteiger partial charge in [0, 0.05) is 6.20 Å². The van der Waals surface area contributed by atoms with Gasteiger partial charge in [-0.1, -0.05) is 12.8 Å². The molecule has 0 spiro atoms. The van der Waals surface area contributed by atoms with Crippen LogP contribution in [0.5, 0.6) is 0 Å². The number of amides is 1. The van der Waals surface area contributed by atoms with Crippen molar-refractivity contribution in [1.29, 1.82) is 0 Å². The fourth-order valence-electron chi connectivity index (χ4n) is 2.62. The second-order valence-corrected chi connectivity index (χ2v) is 5.06. The molecule has 2 aromatic heterocycles. The van der Waals surface area contributed by atoms with E-state index in [1.807, 2.05) is 0 Å². The van der Waals surface area contributed by atoms with Crippen LogP contribution >= 0.6 is 0 Å². The Morgan fingerprint density at radius 3 is 2.75 bits per heavy atom. The van der Waals surface area contributed by atoms with Gasteiger partial charge in [0.15, 0.2) is 5.65 Å². The lowest BCUT2D eigenvalue weighted by Gasteiger charge is -2.25. The first-order valence-corrected chi connectivity index (χ1v) is 6.46. The highest BCUT2D eigenvalue weighted by molar-refractivity contribution is 5.98. The summed E-state index contributed by atoms with van der Waals surface area (Å²) < 4.78 is 1.62. The minimum absolute atomic E-state index is 0.384. The molecular weight excluding hydrogens is 260 g/mol. The molecule has 0 aromatic carbocycles. The standard InChI is InChI=1S/C13H14N4O3/c18-11(15-13(12(19)20)5-1-2-6-13)9-3-4-10-16-14-8-17(10)7-9/h3-4,7-8H,1-2,5-6H2,(H,15,18)(H,19,20). The molecule has 2 heterocycles. The summed E-state index contributed by atoms with van der Waals surface area (Å²) >= 11 is 0. The van der Waals surface area contributed by atoms with E-state index in [1.165, 1.54) is 6.33 Å². The Morgan fingerprint density at radius 1 is 1.30 bits per heavy atom. The van der Waals surface area contributed by atoms with E-state index in [9.17, 15) is 14.7 Å². The molecule has 1 aliphatic rings. The Kier molecular flexibility index (Phi) is 2.89. The van der Waals surface area contributed by atoms with Crippen LogP contribution in [0.4, 0.5) is 0 Å². The van der Waals surface area contributed by atoms with Gasteiger partial charge in [-0.25, -0.2) is 4.79 Å². The summed E-state index contributed by atoms with van der Waals surface area (Å²) in [5.74, 6) is -1.35. The van der Waals surface area contributed by atoms with E-state index in [1.54, 1.807) is 22.7 Å². The monoisotopic (exact) mass is 274 g/mol. The van der Waals surface area contributed by atoms with Crippen molar-refractivity contribution in [2.75, 3.05) is 0 Å². The molecule has 3 rings (SSSR count). The third kappa shape index (κ3) is 2.01. The maximum absolute atomic E-state index is 12.2. The van der Waals surface area contributed by atoms with E-state index in [2.05, 4.69) is 15.5 Å². The molecule has 2 N–H and O–H groups in total. The summed E-state index contributed by atoms with van der Waals surface area (Å²) in [4.78, 5) is 23.7. The lowest BCUT2D eigenvalue weighted by molar-refractivity contribution is -0.144. The molecular formula is C13H14N4O3. The van der Waals surface area contributed by atoms with E-state index >= 15 is 0 Å². The molecule has 7 heteroatoms. The summed E-state index contributed by atoms with van der Waals surface area (Å²) in [5.41, 5.74) is -0.0978. The summed E-state index contributed by atoms with van der Waals surface area (Å²) in [6, 6.07) is 3.29. The molecule has 104 valence electrons. The molecule has 2 aromatic rings. The molecule has 7 nitrogen and oxygen atoms in total. The number of aromatic nitrogens is 3. The predicted octanol–water partition coefficient (Wildman–Crippen LogP) is 0.856. The average molecular weight is 274 g/mol. The van der Waals surface area contributed by atoms with Crippen molar-refractivity contribution in [3.05, 3.63) is 30.2 Å². The first kappa shape index (κ1) is 12.6. The lowest BCUT2D eigenvalue weighted by atomic mass is 9.97. The van der Waals surface area contributed by atoms with Gasteiger partial charge in [0.25, 0.3) is 5.91 Å². The molecule has 0 bridgehead atoms. The molecule has 1 amide bonds. The number of fused-ring (bicyclic) bond motifs is 1. The Balaban J connectivity index is 1.86. The quantitative estimate of drug-likeness (QED) is 0.865. The van der Waals surface area contributed by atoms with Gasteiger partial charge < -0.3 is 10.4 Å². The van der Waals surface area contributed by atoms with Gasteiger partial charge in [-0.3, -0.25) is 9.20 Å². The van der Waals surface area contributed by atoms with Crippen LogP contribution in [0.25, 0.3) is 5.65 Å². The number of nitrogens with zero attached hydrogens (tertiary/aromatic N) is 3. The van der Waals surface area contributed by atoms with Crippen LogP contribution in [0.1, 0.15) is 36.0 Å². The van der Waals surface area contributed by atoms with Crippen molar-refractivity contribution >= 4 is 17.5 Å². The number of pyridine rings is 1. The highest BCUT2D eigenvalue weighted by atomic mass is 16.4. The second-order valence-electron chi connectivity index (χ2n) is 5.06. The zero-order valence-electron chi connectivity index (χ0n) is 10.7. The fourth-order valence-corrected chi connectivity index (χ4v) is 2.62. The van der Waals surface area contributed by atoms with Crippen LogP contribution < -0.4 is 5.32 Å². The van der Waals surface area contributed by atoms with Gasteiger partial charge in [0.2, 0.25) is 0 Å². The van der Waals surface area contributed by atoms with Crippen molar-refractivity contribution in [2.24, 2.45) is 0 Å². The minimum atomic E-state index is -1.13. The molecule has 0 aliphatic heterocycles. The summed E-state index contributed by atoms with van der Waals surface area (Å²) in [7, 11) is 0. The maximum Gasteiger partial charge on any atom is 0.329 e. The number of nitrogens with one attached hydrogen (secondary N) is 1. The minimum Gasteiger partial charge on any atom is -0.480 e. The normalized spacial score (nSPS) is 17.2. The third-order valence-corrected chi connectivity index (χ3v) is 3.77. The van der Waals surface area contributed by atoms with Gasteiger partial charge >= 0.3 is 5.97 Å². The van der Waals surface area contributed by atoms with Crippen molar-refractivity contribution in [3.63, 3.8) is 0 Å². The smallest absolute Gasteiger partial charge is 0.329 e. The predicted molar refractivity (Wildman–Crippen MR) is 69.3 cm³/mol. The average Bonchev–Trinajstić information content (AvgIpc) is 3.06. The lowest BCUT2D eigenvalue weighted by Crippen LogP contribution is -2.52. The molecule has 0 atom stereocenters. The fraction of sp³-hybridized carbons (Fsp3) is 0.385. The van der Waals surface area contributed by atoms with Crippen LogP contribution in [0.3, 0.4) is 0 Å². The topological polar surface area (TPSA) is 96.6 Å². The molecule has 1 aliphatic carbocycles. The molecule has 0 radical (unpaired) electrons. The maximum atomic E-state index is 12.2. The van der Waals surface area contributed by atoms with Gasteiger partial charge in [0.05, 0.1) is 5.56 Å². The van der Waals surface area contributed by atoms with Gasteiger partial charge in [-0.05, 0) is 25.0 Å². The van der Waals surface area contributed by atoms with Crippen molar-refractivity contribution in [2.45, 2.75) is 31.2 Å². The summed E-state index contributed by atoms with van der Waals surface area (Å²) in [6.45, 7) is 0. The number of carbonyl (C=O) groups excluding carboxylic acids is 1. The van der Waals surface area contributed by atoms with Gasteiger partial charge in [-0.15, -0.1) is 10.2 Å². The first-order chi connectivity index (χ1) is 9.61. The van der Waals surface area contributed by atoms with Crippen LogP contribution in [0.15, 0.2) is 24.7 Å². The summed E-state index contributed by atoms with van der Waals surface area (Å²) in [5, 5.41) is 19.6. The molecule has 1 fully saturated rings. The summed E-state index contributed by atoms with van der Waals surface area (Å²) in [6.07, 6.45) is 5.67. The largest absolute Gasteiger partial charge is 0.480 e. The number of rotatable bonds is 3. The number of carbonyl (C=O) groups is 2. The van der Waals surface area contributed by atoms with E-state index < -0.39 is 11.5 Å². The van der Waals surface area contributed by atoms with Crippen LogP contribution in [0.2, 0.25) is 0 Å². The van der Waals surface area contributed by atoms with Gasteiger partial charge in [-0.2, -0.15) is 0 Å². The van der Waals surface area contributed by atoms with E-state index in [0.717, 1.165) is 12.8 Å². The molecule has 0 unspecified atom stereocenters. The number of hydrogen-bond acceptors (Lipinski definition) is 4. The number of carboxylic acids is 1. The number of hydrogen-bond donors (Lipinski definition) is 2.